The number of nitrogens with two attached hydrogens (primary N) is 1. The second-order valence-corrected chi connectivity index (χ2v) is 4.66. The second kappa shape index (κ2) is 4.00. The van der Waals surface area contributed by atoms with E-state index in [9.17, 15) is 0 Å². The normalized spacial score (nSPS) is 15.4. The molecule has 0 unspecified atom stereocenters. The summed E-state index contributed by atoms with van der Waals surface area (Å²) < 4.78 is 5.21. The predicted octanol–water partition coefficient (Wildman–Crippen LogP) is 2.84. The lowest BCUT2D eigenvalue weighted by Crippen LogP contribution is -1.98. The van der Waals surface area contributed by atoms with Gasteiger partial charge in [0.1, 0.15) is 0 Å². The maximum Gasteiger partial charge on any atom is 0.0781 e. The predicted molar refractivity (Wildman–Crippen MR) is 68.8 cm³/mol. The molecule has 1 aromatic heterocycles. The van der Waals surface area contributed by atoms with Crippen molar-refractivity contribution in [2.24, 2.45) is 0 Å². The molecule has 0 aliphatic heterocycles. The summed E-state index contributed by atoms with van der Waals surface area (Å²) in [5.74, 6) is 0.623. The Balaban J connectivity index is 2.21. The zero-order chi connectivity index (χ0) is 11.8. The number of aromatic nitrogens is 1. The summed E-state index contributed by atoms with van der Waals surface area (Å²) >= 11 is 0. The average Bonchev–Trinajstić information content (AvgIpc) is 3.14. The number of hydrogen-bond acceptors (Lipinski definition) is 3. The Morgan fingerprint density at radius 3 is 2.94 bits per heavy atom. The third-order valence-corrected chi connectivity index (χ3v) is 3.27. The van der Waals surface area contributed by atoms with Gasteiger partial charge in [0.15, 0.2) is 0 Å². The van der Waals surface area contributed by atoms with Crippen LogP contribution in [-0.2, 0) is 11.3 Å². The number of pyridine rings is 1. The Morgan fingerprint density at radius 1 is 1.41 bits per heavy atom. The van der Waals surface area contributed by atoms with Crippen LogP contribution in [0.5, 0.6) is 0 Å². The van der Waals surface area contributed by atoms with E-state index in [0.717, 1.165) is 27.8 Å². The second-order valence-electron chi connectivity index (χ2n) is 4.66. The first-order valence-corrected chi connectivity index (χ1v) is 5.96. The highest BCUT2D eigenvalue weighted by Gasteiger charge is 2.25. The first-order valence-electron chi connectivity index (χ1n) is 5.96. The van der Waals surface area contributed by atoms with Crippen LogP contribution in [0.15, 0.2) is 24.3 Å². The van der Waals surface area contributed by atoms with Crippen molar-refractivity contribution in [1.82, 2.24) is 4.98 Å². The number of nitrogens with zero attached hydrogens (tertiary/aromatic N) is 1. The molecule has 88 valence electrons. The standard InChI is InChI=1S/C14H16N2O/c1-17-8-10-3-2-4-11-12(15)7-13(9-5-6-9)16-14(10)11/h2-4,7,9H,5-6,8H2,1H3,(H2,15,16). The van der Waals surface area contributed by atoms with Crippen LogP contribution in [0.1, 0.15) is 30.0 Å². The maximum atomic E-state index is 6.11. The number of anilines is 1. The summed E-state index contributed by atoms with van der Waals surface area (Å²) in [6, 6.07) is 8.10. The third-order valence-electron chi connectivity index (χ3n) is 3.27. The van der Waals surface area contributed by atoms with Gasteiger partial charge in [-0.25, -0.2) is 0 Å². The molecule has 3 rings (SSSR count). The van der Waals surface area contributed by atoms with Crippen LogP contribution in [0.25, 0.3) is 10.9 Å². The molecule has 2 N–H and O–H groups in total. The van der Waals surface area contributed by atoms with Gasteiger partial charge in [0.05, 0.1) is 12.1 Å². The van der Waals surface area contributed by atoms with Crippen LogP contribution >= 0.6 is 0 Å². The molecule has 1 heterocycles. The van der Waals surface area contributed by atoms with Gasteiger partial charge in [-0.15, -0.1) is 0 Å². The highest BCUT2D eigenvalue weighted by Crippen LogP contribution is 2.40. The smallest absolute Gasteiger partial charge is 0.0781 e. The van der Waals surface area contributed by atoms with Gasteiger partial charge in [-0.2, -0.15) is 0 Å². The fraction of sp³-hybridized carbons (Fsp3) is 0.357. The van der Waals surface area contributed by atoms with Gasteiger partial charge in [-0.05, 0) is 18.9 Å². The Morgan fingerprint density at radius 2 is 2.24 bits per heavy atom. The van der Waals surface area contributed by atoms with Crippen molar-refractivity contribution in [3.05, 3.63) is 35.5 Å². The van der Waals surface area contributed by atoms with E-state index >= 15 is 0 Å². The monoisotopic (exact) mass is 228 g/mol. The van der Waals surface area contributed by atoms with Gasteiger partial charge in [0.2, 0.25) is 0 Å². The molecule has 1 aromatic carbocycles. The Kier molecular flexibility index (Phi) is 2.48. The number of rotatable bonds is 3. The highest BCUT2D eigenvalue weighted by molar-refractivity contribution is 5.92. The molecule has 1 saturated carbocycles. The van der Waals surface area contributed by atoms with Crippen molar-refractivity contribution < 1.29 is 4.74 Å². The summed E-state index contributed by atoms with van der Waals surface area (Å²) in [5, 5.41) is 1.03. The molecule has 0 amide bonds. The topological polar surface area (TPSA) is 48.1 Å². The van der Waals surface area contributed by atoms with E-state index in [1.54, 1.807) is 7.11 Å². The maximum absolute atomic E-state index is 6.11. The molecule has 0 radical (unpaired) electrons. The van der Waals surface area contributed by atoms with Gasteiger partial charge in [-0.3, -0.25) is 4.98 Å². The van der Waals surface area contributed by atoms with Crippen LogP contribution in [0.4, 0.5) is 5.69 Å². The highest BCUT2D eigenvalue weighted by atomic mass is 16.5. The van der Waals surface area contributed by atoms with Crippen LogP contribution in [0.2, 0.25) is 0 Å². The number of hydrogen-bond donors (Lipinski definition) is 1. The molecule has 3 heteroatoms. The first kappa shape index (κ1) is 10.5. The number of benzene rings is 1. The first-order chi connectivity index (χ1) is 8.29. The Hall–Kier alpha value is -1.61. The fourth-order valence-electron chi connectivity index (χ4n) is 2.21. The molecule has 17 heavy (non-hydrogen) atoms. The summed E-state index contributed by atoms with van der Waals surface area (Å²) in [7, 11) is 1.70. The third kappa shape index (κ3) is 1.87. The van der Waals surface area contributed by atoms with E-state index in [1.807, 2.05) is 18.2 Å². The minimum absolute atomic E-state index is 0.581. The Bertz CT molecular complexity index is 561. The van der Waals surface area contributed by atoms with Gasteiger partial charge in [-0.1, -0.05) is 18.2 Å². The molecule has 1 aliphatic rings. The molecule has 0 saturated heterocycles. The summed E-state index contributed by atoms with van der Waals surface area (Å²) in [4.78, 5) is 4.76. The number of nitrogen functional groups attached to an aromatic ring is 1. The lowest BCUT2D eigenvalue weighted by atomic mass is 10.1. The van der Waals surface area contributed by atoms with Crippen LogP contribution in [0.3, 0.4) is 0 Å². The van der Waals surface area contributed by atoms with Crippen molar-refractivity contribution >= 4 is 16.6 Å². The lowest BCUT2D eigenvalue weighted by molar-refractivity contribution is 0.186. The van der Waals surface area contributed by atoms with Crippen LogP contribution in [-0.4, -0.2) is 12.1 Å². The van der Waals surface area contributed by atoms with E-state index in [0.29, 0.717) is 12.5 Å². The summed E-state index contributed by atoms with van der Waals surface area (Å²) in [5.41, 5.74) is 10.2. The number of fused-ring (bicyclic) bond motifs is 1. The molecular weight excluding hydrogens is 212 g/mol. The van der Waals surface area contributed by atoms with Crippen molar-refractivity contribution in [3.8, 4) is 0 Å². The molecular formula is C14H16N2O. The van der Waals surface area contributed by atoms with E-state index in [1.165, 1.54) is 12.8 Å². The largest absolute Gasteiger partial charge is 0.398 e. The zero-order valence-corrected chi connectivity index (χ0v) is 9.94. The number of ether oxygens (including phenoxy) is 1. The summed E-state index contributed by atoms with van der Waals surface area (Å²) in [6.07, 6.45) is 2.48. The van der Waals surface area contributed by atoms with Gasteiger partial charge < -0.3 is 10.5 Å². The van der Waals surface area contributed by atoms with E-state index < -0.39 is 0 Å². The van der Waals surface area contributed by atoms with Gasteiger partial charge in [0, 0.05) is 35.4 Å². The molecule has 3 nitrogen and oxygen atoms in total. The van der Waals surface area contributed by atoms with Crippen molar-refractivity contribution in [3.63, 3.8) is 0 Å². The van der Waals surface area contributed by atoms with Gasteiger partial charge in [0.25, 0.3) is 0 Å². The minimum atomic E-state index is 0.581. The zero-order valence-electron chi connectivity index (χ0n) is 9.94. The van der Waals surface area contributed by atoms with E-state index in [-0.39, 0.29) is 0 Å². The fourth-order valence-corrected chi connectivity index (χ4v) is 2.21. The summed E-state index contributed by atoms with van der Waals surface area (Å²) in [6.45, 7) is 0.581. The molecule has 0 bridgehead atoms. The number of methoxy groups -OCH3 is 1. The lowest BCUT2D eigenvalue weighted by Gasteiger charge is -2.09. The minimum Gasteiger partial charge on any atom is -0.398 e. The molecule has 0 spiro atoms. The molecule has 0 atom stereocenters. The Labute approximate surface area is 101 Å². The van der Waals surface area contributed by atoms with Gasteiger partial charge >= 0.3 is 0 Å². The molecule has 1 aliphatic carbocycles. The average molecular weight is 228 g/mol. The van der Waals surface area contributed by atoms with Crippen molar-refractivity contribution in [2.45, 2.75) is 25.4 Å². The van der Waals surface area contributed by atoms with E-state index in [4.69, 9.17) is 15.5 Å². The molecule has 1 fully saturated rings. The van der Waals surface area contributed by atoms with Crippen LogP contribution in [0, 0.1) is 0 Å². The van der Waals surface area contributed by atoms with Crippen molar-refractivity contribution in [1.29, 1.82) is 0 Å². The quantitative estimate of drug-likeness (QED) is 0.878. The number of para-hydroxylation sites is 1. The SMILES string of the molecule is COCc1cccc2c(N)cc(C3CC3)nc12. The van der Waals surface area contributed by atoms with Crippen molar-refractivity contribution in [2.75, 3.05) is 12.8 Å². The molecule has 2 aromatic rings. The van der Waals surface area contributed by atoms with E-state index in [2.05, 4.69) is 6.07 Å². The van der Waals surface area contributed by atoms with Crippen LogP contribution < -0.4 is 5.73 Å².